The van der Waals surface area contributed by atoms with E-state index in [4.69, 9.17) is 24.4 Å². The zero-order valence-corrected chi connectivity index (χ0v) is 16.8. The maximum Gasteiger partial charge on any atom is 0.173 e. The van der Waals surface area contributed by atoms with Crippen molar-refractivity contribution >= 4 is 46.0 Å². The lowest BCUT2D eigenvalue weighted by Crippen LogP contribution is -2.52. The van der Waals surface area contributed by atoms with Gasteiger partial charge < -0.3 is 20.4 Å². The van der Waals surface area contributed by atoms with Crippen molar-refractivity contribution in [2.24, 2.45) is 0 Å². The first-order chi connectivity index (χ1) is 12.5. The molecule has 1 aliphatic heterocycles. The molecular formula is C20H24N4S2. The average molecular weight is 385 g/mol. The third-order valence-electron chi connectivity index (χ3n) is 4.63. The Bertz CT molecular complexity index is 730. The summed E-state index contributed by atoms with van der Waals surface area (Å²) in [4.78, 5) is 4.41. The standard InChI is InChI=1S/C20H24N4S2/c1-15-7-3-5-9-17(15)21-19(25)23-11-13-24(14-12-23)20(26)22-18-10-6-4-8-16(18)2/h3-10H,11-14H2,1-2H3,(H,21,25)(H,22,26). The van der Waals surface area contributed by atoms with Gasteiger partial charge in [-0.3, -0.25) is 0 Å². The van der Waals surface area contributed by atoms with Crippen molar-refractivity contribution in [2.45, 2.75) is 13.8 Å². The Kier molecular flexibility index (Phi) is 6.06. The molecule has 6 heteroatoms. The first-order valence-electron chi connectivity index (χ1n) is 8.78. The summed E-state index contributed by atoms with van der Waals surface area (Å²) in [6, 6.07) is 16.4. The quantitative estimate of drug-likeness (QED) is 0.761. The molecule has 1 fully saturated rings. The fraction of sp³-hybridized carbons (Fsp3) is 0.300. The SMILES string of the molecule is Cc1ccccc1NC(=S)N1CCN(C(=S)Nc2ccccc2C)CC1. The topological polar surface area (TPSA) is 30.5 Å². The molecule has 4 nitrogen and oxygen atoms in total. The van der Waals surface area contributed by atoms with E-state index in [1.807, 2.05) is 24.3 Å². The Morgan fingerprint density at radius 1 is 0.692 bits per heavy atom. The fourth-order valence-corrected chi connectivity index (χ4v) is 3.51. The molecule has 0 bridgehead atoms. The van der Waals surface area contributed by atoms with E-state index in [0.717, 1.165) is 47.8 Å². The summed E-state index contributed by atoms with van der Waals surface area (Å²) in [5.41, 5.74) is 4.52. The number of benzene rings is 2. The van der Waals surface area contributed by atoms with Crippen LogP contribution in [-0.2, 0) is 0 Å². The Balaban J connectivity index is 1.52. The highest BCUT2D eigenvalue weighted by Gasteiger charge is 2.21. The van der Waals surface area contributed by atoms with Crippen molar-refractivity contribution in [1.82, 2.24) is 9.80 Å². The molecule has 0 amide bonds. The molecule has 3 rings (SSSR count). The van der Waals surface area contributed by atoms with Crippen molar-refractivity contribution in [3.8, 4) is 0 Å². The lowest BCUT2D eigenvalue weighted by molar-refractivity contribution is 0.264. The number of aryl methyl sites for hydroxylation is 2. The van der Waals surface area contributed by atoms with Gasteiger partial charge in [-0.1, -0.05) is 36.4 Å². The number of nitrogens with one attached hydrogen (secondary N) is 2. The molecule has 136 valence electrons. The largest absolute Gasteiger partial charge is 0.345 e. The van der Waals surface area contributed by atoms with Crippen LogP contribution in [0, 0.1) is 13.8 Å². The van der Waals surface area contributed by atoms with E-state index in [1.165, 1.54) is 11.1 Å². The Morgan fingerprint density at radius 2 is 1.04 bits per heavy atom. The first kappa shape index (κ1) is 18.6. The van der Waals surface area contributed by atoms with Crippen LogP contribution in [0.15, 0.2) is 48.5 Å². The number of hydrogen-bond donors (Lipinski definition) is 2. The number of nitrogens with zero attached hydrogens (tertiary/aromatic N) is 2. The maximum absolute atomic E-state index is 5.59. The molecule has 1 aliphatic rings. The molecule has 2 N–H and O–H groups in total. The highest BCUT2D eigenvalue weighted by atomic mass is 32.1. The fourth-order valence-electron chi connectivity index (χ4n) is 2.93. The van der Waals surface area contributed by atoms with E-state index < -0.39 is 0 Å². The first-order valence-corrected chi connectivity index (χ1v) is 9.59. The van der Waals surface area contributed by atoms with E-state index in [-0.39, 0.29) is 0 Å². The van der Waals surface area contributed by atoms with Crippen LogP contribution in [0.3, 0.4) is 0 Å². The van der Waals surface area contributed by atoms with Crippen LogP contribution in [-0.4, -0.2) is 46.2 Å². The van der Waals surface area contributed by atoms with Gasteiger partial charge in [-0.05, 0) is 61.5 Å². The van der Waals surface area contributed by atoms with E-state index in [1.54, 1.807) is 0 Å². The van der Waals surface area contributed by atoms with Gasteiger partial charge in [0, 0.05) is 37.6 Å². The summed E-state index contributed by atoms with van der Waals surface area (Å²) in [6.45, 7) is 7.58. The van der Waals surface area contributed by atoms with E-state index in [9.17, 15) is 0 Å². The Labute approximate surface area is 166 Å². The second-order valence-corrected chi connectivity index (χ2v) is 7.24. The molecule has 0 atom stereocenters. The summed E-state index contributed by atoms with van der Waals surface area (Å²) in [6.07, 6.45) is 0. The minimum Gasteiger partial charge on any atom is -0.345 e. The molecule has 1 saturated heterocycles. The van der Waals surface area contributed by atoms with Crippen molar-refractivity contribution in [3.63, 3.8) is 0 Å². The molecular weight excluding hydrogens is 360 g/mol. The summed E-state index contributed by atoms with van der Waals surface area (Å²) in [5.74, 6) is 0. The number of para-hydroxylation sites is 2. The van der Waals surface area contributed by atoms with Crippen LogP contribution in [0.2, 0.25) is 0 Å². The molecule has 0 aromatic heterocycles. The van der Waals surface area contributed by atoms with Gasteiger partial charge in [0.25, 0.3) is 0 Å². The average Bonchev–Trinajstić information content (AvgIpc) is 2.65. The zero-order valence-electron chi connectivity index (χ0n) is 15.2. The molecule has 0 radical (unpaired) electrons. The van der Waals surface area contributed by atoms with Crippen LogP contribution < -0.4 is 10.6 Å². The smallest absolute Gasteiger partial charge is 0.173 e. The van der Waals surface area contributed by atoms with Gasteiger partial charge in [0.05, 0.1) is 0 Å². The summed E-state index contributed by atoms with van der Waals surface area (Å²) in [5, 5.41) is 8.27. The highest BCUT2D eigenvalue weighted by Crippen LogP contribution is 2.16. The van der Waals surface area contributed by atoms with Crippen LogP contribution in [0.5, 0.6) is 0 Å². The van der Waals surface area contributed by atoms with Gasteiger partial charge in [0.2, 0.25) is 0 Å². The number of anilines is 2. The molecule has 2 aromatic carbocycles. The van der Waals surface area contributed by atoms with Crippen molar-refractivity contribution in [3.05, 3.63) is 59.7 Å². The van der Waals surface area contributed by atoms with Gasteiger partial charge >= 0.3 is 0 Å². The van der Waals surface area contributed by atoms with Crippen molar-refractivity contribution in [1.29, 1.82) is 0 Å². The molecule has 1 heterocycles. The lowest BCUT2D eigenvalue weighted by Gasteiger charge is -2.37. The predicted octanol–water partition coefficient (Wildman–Crippen LogP) is 4.01. The van der Waals surface area contributed by atoms with Crippen LogP contribution in [0.4, 0.5) is 11.4 Å². The number of piperazine rings is 1. The van der Waals surface area contributed by atoms with Gasteiger partial charge in [-0.2, -0.15) is 0 Å². The lowest BCUT2D eigenvalue weighted by atomic mass is 10.2. The minimum absolute atomic E-state index is 0.775. The molecule has 0 unspecified atom stereocenters. The molecule has 26 heavy (non-hydrogen) atoms. The third-order valence-corrected chi connectivity index (χ3v) is 5.35. The van der Waals surface area contributed by atoms with E-state index in [2.05, 4.69) is 58.5 Å². The zero-order chi connectivity index (χ0) is 18.5. The normalized spacial score (nSPS) is 14.1. The van der Waals surface area contributed by atoms with Gasteiger partial charge in [0.1, 0.15) is 0 Å². The molecule has 0 saturated carbocycles. The van der Waals surface area contributed by atoms with Gasteiger partial charge in [-0.25, -0.2) is 0 Å². The summed E-state index contributed by atoms with van der Waals surface area (Å²) >= 11 is 11.2. The van der Waals surface area contributed by atoms with Gasteiger partial charge in [-0.15, -0.1) is 0 Å². The molecule has 0 aliphatic carbocycles. The second kappa shape index (κ2) is 8.47. The van der Waals surface area contributed by atoms with Crippen molar-refractivity contribution in [2.75, 3.05) is 36.8 Å². The number of hydrogen-bond acceptors (Lipinski definition) is 2. The highest BCUT2D eigenvalue weighted by molar-refractivity contribution is 7.80. The maximum atomic E-state index is 5.59. The molecule has 0 spiro atoms. The van der Waals surface area contributed by atoms with E-state index in [0.29, 0.717) is 0 Å². The van der Waals surface area contributed by atoms with Crippen LogP contribution in [0.25, 0.3) is 0 Å². The third kappa shape index (κ3) is 4.51. The van der Waals surface area contributed by atoms with Gasteiger partial charge in [0.15, 0.2) is 10.2 Å². The monoisotopic (exact) mass is 384 g/mol. The second-order valence-electron chi connectivity index (χ2n) is 6.46. The Hall–Kier alpha value is -2.18. The van der Waals surface area contributed by atoms with Crippen LogP contribution >= 0.6 is 24.4 Å². The summed E-state index contributed by atoms with van der Waals surface area (Å²) in [7, 11) is 0. The van der Waals surface area contributed by atoms with Crippen molar-refractivity contribution < 1.29 is 0 Å². The minimum atomic E-state index is 0.775. The summed E-state index contributed by atoms with van der Waals surface area (Å²) < 4.78 is 0. The Morgan fingerprint density at radius 3 is 1.38 bits per heavy atom. The molecule has 2 aromatic rings. The van der Waals surface area contributed by atoms with Crippen LogP contribution in [0.1, 0.15) is 11.1 Å². The number of rotatable bonds is 2. The predicted molar refractivity (Wildman–Crippen MR) is 118 cm³/mol. The van der Waals surface area contributed by atoms with E-state index >= 15 is 0 Å². The number of thiocarbonyl (C=S) groups is 2.